The topological polar surface area (TPSA) is 106 Å². The number of esters is 1. The first kappa shape index (κ1) is 23.1. The molecule has 0 spiro atoms. The van der Waals surface area contributed by atoms with Crippen molar-refractivity contribution in [1.82, 2.24) is 5.43 Å². The molecule has 0 atom stereocenters. The molecule has 0 aromatic heterocycles. The smallest absolute Gasteiger partial charge is 0.343 e. The van der Waals surface area contributed by atoms with Crippen molar-refractivity contribution in [1.29, 1.82) is 0 Å². The fraction of sp³-hybridized carbons (Fsp3) is 0.0833. The lowest BCUT2D eigenvalue weighted by atomic mass is 10.1. The molecule has 0 saturated heterocycles. The molecule has 0 heterocycles. The Kier molecular flexibility index (Phi) is 7.48. The monoisotopic (exact) mass is 449 g/mol. The number of carbonyl (C=O) groups excluding carboxylic acids is 3. The second-order valence-corrected chi connectivity index (χ2v) is 6.72. The quantitative estimate of drug-likeness (QED) is 0.197. The van der Waals surface area contributed by atoms with E-state index in [2.05, 4.69) is 15.8 Å². The number of methoxy groups -OCH3 is 1. The maximum Gasteiger partial charge on any atom is 0.343 e. The van der Waals surface area contributed by atoms with Crippen LogP contribution < -0.4 is 20.2 Å². The molecule has 0 radical (unpaired) electrons. The van der Waals surface area contributed by atoms with E-state index in [1.165, 1.54) is 19.2 Å². The molecule has 3 aromatic rings. The van der Waals surface area contributed by atoms with Gasteiger partial charge in [0.25, 0.3) is 0 Å². The highest BCUT2D eigenvalue weighted by molar-refractivity contribution is 6.39. The average molecular weight is 449 g/mol. The number of carbonyl (C=O) groups is 3. The largest absolute Gasteiger partial charge is 0.497 e. The second kappa shape index (κ2) is 10.7. The predicted octanol–water partition coefficient (Wildman–Crippen LogP) is 3.53. The molecule has 33 heavy (non-hydrogen) atoms. The Morgan fingerprint density at radius 1 is 0.909 bits per heavy atom. The summed E-state index contributed by atoms with van der Waals surface area (Å²) in [5, 5.41) is 6.26. The highest BCUT2D eigenvalue weighted by atomic mass is 19.1. The predicted molar refractivity (Wildman–Crippen MR) is 120 cm³/mol. The number of nitrogens with one attached hydrogen (secondary N) is 2. The van der Waals surface area contributed by atoms with E-state index in [0.29, 0.717) is 22.6 Å². The molecule has 0 saturated carbocycles. The van der Waals surface area contributed by atoms with Crippen molar-refractivity contribution < 1.29 is 28.2 Å². The van der Waals surface area contributed by atoms with Gasteiger partial charge in [-0.15, -0.1) is 0 Å². The number of rotatable bonds is 6. The lowest BCUT2D eigenvalue weighted by Crippen LogP contribution is -2.33. The maximum absolute atomic E-state index is 12.9. The first-order chi connectivity index (χ1) is 15.9. The van der Waals surface area contributed by atoms with Gasteiger partial charge in [-0.2, -0.15) is 5.10 Å². The van der Waals surface area contributed by atoms with Gasteiger partial charge in [-0.05, 0) is 61.5 Å². The molecule has 8 nitrogen and oxygen atoms in total. The summed E-state index contributed by atoms with van der Waals surface area (Å²) in [5.41, 5.74) is 3.43. The molecule has 0 unspecified atom stereocenters. The van der Waals surface area contributed by atoms with Crippen molar-refractivity contribution >= 4 is 29.2 Å². The van der Waals surface area contributed by atoms with Gasteiger partial charge in [-0.25, -0.2) is 14.6 Å². The molecular weight excluding hydrogens is 429 g/mol. The summed E-state index contributed by atoms with van der Waals surface area (Å²) in [4.78, 5) is 36.6. The van der Waals surface area contributed by atoms with Gasteiger partial charge >= 0.3 is 17.8 Å². The van der Waals surface area contributed by atoms with Gasteiger partial charge in [0.05, 0.1) is 18.4 Å². The second-order valence-electron chi connectivity index (χ2n) is 6.72. The Balaban J connectivity index is 1.68. The van der Waals surface area contributed by atoms with E-state index in [-0.39, 0.29) is 11.4 Å². The Morgan fingerprint density at radius 3 is 2.36 bits per heavy atom. The molecular formula is C24H20FN3O5. The van der Waals surface area contributed by atoms with Crippen LogP contribution in [-0.2, 0) is 9.59 Å². The third-order valence-electron chi connectivity index (χ3n) is 4.42. The highest BCUT2D eigenvalue weighted by Gasteiger charge is 2.16. The van der Waals surface area contributed by atoms with Crippen LogP contribution in [-0.4, -0.2) is 30.6 Å². The standard InChI is InChI=1S/C24H20FN3O5/c1-15(27-28-23(30)22(29)26-18-12-10-17(25)11-13-18)20-8-3-4-9-21(20)33-24(31)16-6-5-7-19(14-16)32-2/h3-14H,1-2H3,(H,26,29)(H,28,30)/b27-15+. The van der Waals surface area contributed by atoms with E-state index in [9.17, 15) is 18.8 Å². The Morgan fingerprint density at radius 2 is 1.64 bits per heavy atom. The number of halogens is 1. The molecule has 0 fully saturated rings. The number of para-hydroxylation sites is 1. The Bertz CT molecular complexity index is 1210. The molecule has 9 heteroatoms. The molecule has 3 aromatic carbocycles. The Labute approximate surface area is 189 Å². The Hall–Kier alpha value is -4.53. The highest BCUT2D eigenvalue weighted by Crippen LogP contribution is 2.21. The fourth-order valence-corrected chi connectivity index (χ4v) is 2.73. The summed E-state index contributed by atoms with van der Waals surface area (Å²) in [5.74, 6) is -2.34. The minimum absolute atomic E-state index is 0.219. The van der Waals surface area contributed by atoms with Gasteiger partial charge in [0.1, 0.15) is 17.3 Å². The van der Waals surface area contributed by atoms with Gasteiger partial charge in [-0.3, -0.25) is 9.59 Å². The van der Waals surface area contributed by atoms with Crippen LogP contribution in [0.1, 0.15) is 22.8 Å². The van der Waals surface area contributed by atoms with Crippen molar-refractivity contribution in [2.45, 2.75) is 6.92 Å². The average Bonchev–Trinajstić information content (AvgIpc) is 2.84. The summed E-state index contributed by atoms with van der Waals surface area (Å²) in [6.07, 6.45) is 0. The molecule has 0 bridgehead atoms. The van der Waals surface area contributed by atoms with E-state index >= 15 is 0 Å². The molecule has 3 rings (SSSR count). The van der Waals surface area contributed by atoms with Gasteiger partial charge in [0, 0.05) is 11.3 Å². The normalized spacial score (nSPS) is 10.8. The SMILES string of the molecule is COc1cccc(C(=O)Oc2ccccc2/C(C)=N/NC(=O)C(=O)Nc2ccc(F)cc2)c1. The zero-order chi connectivity index (χ0) is 23.8. The molecule has 0 aliphatic heterocycles. The van der Waals surface area contributed by atoms with Crippen LogP contribution in [0.3, 0.4) is 0 Å². The third-order valence-corrected chi connectivity index (χ3v) is 4.42. The third kappa shape index (κ3) is 6.23. The maximum atomic E-state index is 12.9. The first-order valence-corrected chi connectivity index (χ1v) is 9.74. The number of anilines is 1. The minimum Gasteiger partial charge on any atom is -0.497 e. The van der Waals surface area contributed by atoms with E-state index in [1.807, 2.05) is 0 Å². The van der Waals surface area contributed by atoms with Gasteiger partial charge in [0.2, 0.25) is 0 Å². The molecule has 168 valence electrons. The summed E-state index contributed by atoms with van der Waals surface area (Å²) in [6, 6.07) is 18.1. The lowest BCUT2D eigenvalue weighted by molar-refractivity contribution is -0.136. The summed E-state index contributed by atoms with van der Waals surface area (Å²) >= 11 is 0. The molecule has 2 amide bonds. The van der Waals surface area contributed by atoms with Crippen LogP contribution in [0.5, 0.6) is 11.5 Å². The number of nitrogens with zero attached hydrogens (tertiary/aromatic N) is 1. The number of ether oxygens (including phenoxy) is 2. The van der Waals surface area contributed by atoms with Gasteiger partial charge in [-0.1, -0.05) is 18.2 Å². The van der Waals surface area contributed by atoms with Crippen molar-refractivity contribution in [3.8, 4) is 11.5 Å². The number of hydrogen-bond acceptors (Lipinski definition) is 6. The zero-order valence-electron chi connectivity index (χ0n) is 17.8. The van der Waals surface area contributed by atoms with Gasteiger partial charge in [0.15, 0.2) is 0 Å². The van der Waals surface area contributed by atoms with E-state index in [0.717, 1.165) is 12.1 Å². The van der Waals surface area contributed by atoms with Crippen molar-refractivity contribution in [3.05, 3.63) is 89.7 Å². The van der Waals surface area contributed by atoms with E-state index < -0.39 is 23.6 Å². The van der Waals surface area contributed by atoms with Crippen LogP contribution >= 0.6 is 0 Å². The summed E-state index contributed by atoms with van der Waals surface area (Å²) in [7, 11) is 1.49. The van der Waals surface area contributed by atoms with Crippen LogP contribution in [0.15, 0.2) is 77.9 Å². The number of amides is 2. The fourth-order valence-electron chi connectivity index (χ4n) is 2.73. The van der Waals surface area contributed by atoms with E-state index in [1.54, 1.807) is 55.5 Å². The number of benzene rings is 3. The van der Waals surface area contributed by atoms with Crippen molar-refractivity contribution in [2.24, 2.45) is 5.10 Å². The first-order valence-electron chi connectivity index (χ1n) is 9.74. The van der Waals surface area contributed by atoms with Crippen LogP contribution in [0.25, 0.3) is 0 Å². The zero-order valence-corrected chi connectivity index (χ0v) is 17.8. The molecule has 2 N–H and O–H groups in total. The van der Waals surface area contributed by atoms with E-state index in [4.69, 9.17) is 9.47 Å². The molecule has 0 aliphatic rings. The summed E-state index contributed by atoms with van der Waals surface area (Å²) < 4.78 is 23.6. The molecule has 0 aliphatic carbocycles. The van der Waals surface area contributed by atoms with Crippen molar-refractivity contribution in [2.75, 3.05) is 12.4 Å². The van der Waals surface area contributed by atoms with Crippen LogP contribution in [0.4, 0.5) is 10.1 Å². The minimum atomic E-state index is -1.02. The van der Waals surface area contributed by atoms with Crippen molar-refractivity contribution in [3.63, 3.8) is 0 Å². The number of hydrogen-bond donors (Lipinski definition) is 2. The van der Waals surface area contributed by atoms with Crippen LogP contribution in [0.2, 0.25) is 0 Å². The lowest BCUT2D eigenvalue weighted by Gasteiger charge is -2.10. The summed E-state index contributed by atoms with van der Waals surface area (Å²) in [6.45, 7) is 1.58. The number of hydrazone groups is 1. The van der Waals surface area contributed by atoms with Crippen LogP contribution in [0, 0.1) is 5.82 Å². The van der Waals surface area contributed by atoms with Gasteiger partial charge < -0.3 is 14.8 Å².